The van der Waals surface area contributed by atoms with E-state index in [-0.39, 0.29) is 16.7 Å². The van der Waals surface area contributed by atoms with Gasteiger partial charge in [-0.25, -0.2) is 4.39 Å². The van der Waals surface area contributed by atoms with Crippen molar-refractivity contribution in [1.29, 1.82) is 0 Å². The van der Waals surface area contributed by atoms with E-state index in [9.17, 15) is 9.18 Å². The number of fused-ring (bicyclic) bond motifs is 1. The third kappa shape index (κ3) is 2.93. The summed E-state index contributed by atoms with van der Waals surface area (Å²) in [5, 5.41) is 0.167. The van der Waals surface area contributed by atoms with E-state index in [0.29, 0.717) is 18.6 Å². The van der Waals surface area contributed by atoms with Crippen LogP contribution in [0.4, 0.5) is 4.39 Å². The Bertz CT molecular complexity index is 684. The second kappa shape index (κ2) is 5.86. The number of benzene rings is 2. The number of Topliss-reactive ketones (excluding diaryl/α,β-unsaturated/α-hetero) is 1. The Labute approximate surface area is 127 Å². The maximum atomic E-state index is 13.1. The average Bonchev–Trinajstić information content (AvgIpc) is 2.47. The molecule has 108 valence electrons. The molecule has 0 bridgehead atoms. The number of hydrogen-bond acceptors (Lipinski definition) is 2. The van der Waals surface area contributed by atoms with Gasteiger partial charge in [0.15, 0.2) is 5.78 Å². The van der Waals surface area contributed by atoms with Crippen LogP contribution in [0.15, 0.2) is 42.5 Å². The maximum Gasteiger partial charge on any atom is 0.164 e. The number of carbonyl (C=O) groups excluding carboxylic acids is 1. The number of carbonyl (C=O) groups is 1. The Morgan fingerprint density at radius 3 is 2.90 bits per heavy atom. The van der Waals surface area contributed by atoms with Crippen LogP contribution in [0.25, 0.3) is 0 Å². The van der Waals surface area contributed by atoms with Crippen molar-refractivity contribution in [2.75, 3.05) is 6.61 Å². The van der Waals surface area contributed by atoms with Crippen LogP contribution in [-0.2, 0) is 0 Å². The SMILES string of the molecule is O=C(CC1CCOc2ccccc21)c1ccc(F)cc1Cl. The summed E-state index contributed by atoms with van der Waals surface area (Å²) in [4.78, 5) is 12.4. The molecule has 3 rings (SSSR count). The topological polar surface area (TPSA) is 26.3 Å². The predicted molar refractivity (Wildman–Crippen MR) is 79.7 cm³/mol. The fraction of sp³-hybridized carbons (Fsp3) is 0.235. The highest BCUT2D eigenvalue weighted by Gasteiger charge is 2.24. The third-order valence-corrected chi connectivity index (χ3v) is 4.06. The van der Waals surface area contributed by atoms with Crippen LogP contribution in [0.2, 0.25) is 5.02 Å². The number of hydrogen-bond donors (Lipinski definition) is 0. The van der Waals surface area contributed by atoms with Gasteiger partial charge in [0.25, 0.3) is 0 Å². The quantitative estimate of drug-likeness (QED) is 0.774. The Morgan fingerprint density at radius 1 is 1.29 bits per heavy atom. The van der Waals surface area contributed by atoms with Gasteiger partial charge in [-0.15, -0.1) is 0 Å². The van der Waals surface area contributed by atoms with E-state index in [1.807, 2.05) is 24.3 Å². The van der Waals surface area contributed by atoms with Crippen molar-refractivity contribution in [2.24, 2.45) is 0 Å². The molecular formula is C17H14ClFO2. The van der Waals surface area contributed by atoms with Gasteiger partial charge in [0, 0.05) is 12.0 Å². The molecule has 0 amide bonds. The van der Waals surface area contributed by atoms with Crippen molar-refractivity contribution < 1.29 is 13.9 Å². The molecule has 1 heterocycles. The summed E-state index contributed by atoms with van der Waals surface area (Å²) in [6.45, 7) is 0.603. The van der Waals surface area contributed by atoms with Gasteiger partial charge >= 0.3 is 0 Å². The molecule has 0 fully saturated rings. The minimum absolute atomic E-state index is 0.0679. The standard InChI is InChI=1S/C17H14ClFO2/c18-15-10-12(19)5-6-14(15)16(20)9-11-7-8-21-17-4-2-1-3-13(11)17/h1-6,10-11H,7-9H2. The lowest BCUT2D eigenvalue weighted by molar-refractivity contribution is 0.0966. The summed E-state index contributed by atoms with van der Waals surface area (Å²) in [7, 11) is 0. The summed E-state index contributed by atoms with van der Waals surface area (Å²) in [6, 6.07) is 11.6. The largest absolute Gasteiger partial charge is 0.493 e. The number of halogens is 2. The van der Waals surface area contributed by atoms with Gasteiger partial charge < -0.3 is 4.74 Å². The molecule has 0 saturated heterocycles. The summed E-state index contributed by atoms with van der Waals surface area (Å²) < 4.78 is 18.6. The Kier molecular flexibility index (Phi) is 3.93. The molecule has 4 heteroatoms. The predicted octanol–water partition coefficient (Wildman–Crippen LogP) is 4.62. The monoisotopic (exact) mass is 304 g/mol. The first-order valence-corrected chi connectivity index (χ1v) is 7.23. The fourth-order valence-corrected chi connectivity index (χ4v) is 2.95. The van der Waals surface area contributed by atoms with Gasteiger partial charge in [-0.1, -0.05) is 29.8 Å². The van der Waals surface area contributed by atoms with E-state index < -0.39 is 5.82 Å². The van der Waals surface area contributed by atoms with Crippen molar-refractivity contribution >= 4 is 17.4 Å². The van der Waals surface area contributed by atoms with E-state index in [2.05, 4.69) is 0 Å². The molecule has 2 aromatic carbocycles. The van der Waals surface area contributed by atoms with Gasteiger partial charge in [-0.3, -0.25) is 4.79 Å². The van der Waals surface area contributed by atoms with Gasteiger partial charge in [0.05, 0.1) is 11.6 Å². The van der Waals surface area contributed by atoms with Gasteiger partial charge in [-0.2, -0.15) is 0 Å². The maximum absolute atomic E-state index is 13.1. The molecule has 0 saturated carbocycles. The highest BCUT2D eigenvalue weighted by Crippen LogP contribution is 2.36. The van der Waals surface area contributed by atoms with E-state index >= 15 is 0 Å². The molecule has 0 aliphatic carbocycles. The molecule has 2 aromatic rings. The molecular weight excluding hydrogens is 291 g/mol. The van der Waals surface area contributed by atoms with Crippen LogP contribution in [-0.4, -0.2) is 12.4 Å². The highest BCUT2D eigenvalue weighted by atomic mass is 35.5. The summed E-state index contributed by atoms with van der Waals surface area (Å²) in [5.74, 6) is 0.449. The number of para-hydroxylation sites is 1. The van der Waals surface area contributed by atoms with Crippen LogP contribution in [0.5, 0.6) is 5.75 Å². The first-order chi connectivity index (χ1) is 10.1. The minimum Gasteiger partial charge on any atom is -0.493 e. The summed E-state index contributed by atoms with van der Waals surface area (Å²) in [5.41, 5.74) is 1.43. The van der Waals surface area contributed by atoms with E-state index in [0.717, 1.165) is 17.7 Å². The Balaban J connectivity index is 1.83. The molecule has 0 spiro atoms. The molecule has 0 radical (unpaired) electrons. The average molecular weight is 305 g/mol. The van der Waals surface area contributed by atoms with Gasteiger partial charge in [0.2, 0.25) is 0 Å². The summed E-state index contributed by atoms with van der Waals surface area (Å²) >= 11 is 5.96. The highest BCUT2D eigenvalue weighted by molar-refractivity contribution is 6.34. The lowest BCUT2D eigenvalue weighted by atomic mass is 9.87. The molecule has 0 aromatic heterocycles. The van der Waals surface area contributed by atoms with Crippen LogP contribution in [0.1, 0.15) is 34.7 Å². The van der Waals surface area contributed by atoms with Crippen LogP contribution in [0.3, 0.4) is 0 Å². The van der Waals surface area contributed by atoms with E-state index in [1.54, 1.807) is 0 Å². The molecule has 2 nitrogen and oxygen atoms in total. The Hall–Kier alpha value is -1.87. The zero-order chi connectivity index (χ0) is 14.8. The molecule has 1 aliphatic heterocycles. The summed E-state index contributed by atoms with van der Waals surface area (Å²) in [6.07, 6.45) is 1.15. The van der Waals surface area contributed by atoms with Crippen molar-refractivity contribution in [3.8, 4) is 5.75 Å². The van der Waals surface area contributed by atoms with Crippen LogP contribution in [0, 0.1) is 5.82 Å². The zero-order valence-electron chi connectivity index (χ0n) is 11.3. The van der Waals surface area contributed by atoms with Gasteiger partial charge in [-0.05, 0) is 42.2 Å². The van der Waals surface area contributed by atoms with Crippen LogP contribution >= 0.6 is 11.6 Å². The van der Waals surface area contributed by atoms with Crippen molar-refractivity contribution in [1.82, 2.24) is 0 Å². The molecule has 1 aliphatic rings. The van der Waals surface area contributed by atoms with Crippen molar-refractivity contribution in [3.63, 3.8) is 0 Å². The number of ether oxygens (including phenoxy) is 1. The zero-order valence-corrected chi connectivity index (χ0v) is 12.1. The molecule has 1 unspecified atom stereocenters. The lowest BCUT2D eigenvalue weighted by Gasteiger charge is -2.25. The van der Waals surface area contributed by atoms with Crippen molar-refractivity contribution in [3.05, 3.63) is 64.4 Å². The number of ketones is 1. The van der Waals surface area contributed by atoms with E-state index in [1.165, 1.54) is 18.2 Å². The second-order valence-corrected chi connectivity index (χ2v) is 5.53. The van der Waals surface area contributed by atoms with Gasteiger partial charge in [0.1, 0.15) is 11.6 Å². The van der Waals surface area contributed by atoms with E-state index in [4.69, 9.17) is 16.3 Å². The number of rotatable bonds is 3. The molecule has 1 atom stereocenters. The second-order valence-electron chi connectivity index (χ2n) is 5.12. The fourth-order valence-electron chi connectivity index (χ4n) is 2.68. The lowest BCUT2D eigenvalue weighted by Crippen LogP contribution is -2.17. The third-order valence-electron chi connectivity index (χ3n) is 3.75. The first kappa shape index (κ1) is 14.1. The van der Waals surface area contributed by atoms with Crippen molar-refractivity contribution in [2.45, 2.75) is 18.8 Å². The minimum atomic E-state index is -0.437. The van der Waals surface area contributed by atoms with Crippen LogP contribution < -0.4 is 4.74 Å². The first-order valence-electron chi connectivity index (χ1n) is 6.85. The molecule has 21 heavy (non-hydrogen) atoms. The normalized spacial score (nSPS) is 17.0. The Morgan fingerprint density at radius 2 is 2.10 bits per heavy atom. The molecule has 0 N–H and O–H groups in total. The smallest absolute Gasteiger partial charge is 0.164 e.